The van der Waals surface area contributed by atoms with Gasteiger partial charge in [-0.3, -0.25) is 4.79 Å². The van der Waals surface area contributed by atoms with E-state index in [0.717, 1.165) is 27.3 Å². The Kier molecular flexibility index (Phi) is 5.34. The van der Waals surface area contributed by atoms with E-state index in [2.05, 4.69) is 41.2 Å². The SMILES string of the molecule is Cc1ccc(CN(C)C(=O)CSc2nc(C)nc3ccccc23)cc1. The highest BCUT2D eigenvalue weighted by Gasteiger charge is 2.13. The summed E-state index contributed by atoms with van der Waals surface area (Å²) in [5.41, 5.74) is 3.27. The molecule has 0 bridgehead atoms. The molecule has 1 aromatic heterocycles. The van der Waals surface area contributed by atoms with E-state index in [1.165, 1.54) is 17.3 Å². The number of benzene rings is 2. The molecule has 0 unspecified atom stereocenters. The third-order valence-electron chi connectivity index (χ3n) is 3.98. The van der Waals surface area contributed by atoms with Crippen molar-refractivity contribution in [2.45, 2.75) is 25.4 Å². The van der Waals surface area contributed by atoms with Gasteiger partial charge in [-0.25, -0.2) is 9.97 Å². The van der Waals surface area contributed by atoms with Crippen LogP contribution in [0.5, 0.6) is 0 Å². The van der Waals surface area contributed by atoms with E-state index in [1.807, 2.05) is 38.2 Å². The van der Waals surface area contributed by atoms with Crippen molar-refractivity contribution in [2.24, 2.45) is 0 Å². The molecule has 0 saturated heterocycles. The molecule has 3 rings (SSSR count). The number of para-hydroxylation sites is 1. The molecule has 0 N–H and O–H groups in total. The van der Waals surface area contributed by atoms with Crippen molar-refractivity contribution in [3.8, 4) is 0 Å². The summed E-state index contributed by atoms with van der Waals surface area (Å²) in [5.74, 6) is 1.18. The fourth-order valence-electron chi connectivity index (χ4n) is 2.56. The van der Waals surface area contributed by atoms with Crippen molar-refractivity contribution in [1.82, 2.24) is 14.9 Å². The van der Waals surface area contributed by atoms with Gasteiger partial charge in [0, 0.05) is 19.0 Å². The lowest BCUT2D eigenvalue weighted by atomic mass is 10.1. The Balaban J connectivity index is 1.67. The predicted octanol–water partition coefficient (Wildman–Crippen LogP) is 4.00. The number of rotatable bonds is 5. The third kappa shape index (κ3) is 4.37. The smallest absolute Gasteiger partial charge is 0.233 e. The lowest BCUT2D eigenvalue weighted by Gasteiger charge is -2.17. The lowest BCUT2D eigenvalue weighted by Crippen LogP contribution is -2.27. The van der Waals surface area contributed by atoms with Gasteiger partial charge in [0.15, 0.2) is 0 Å². The Hall–Kier alpha value is -2.40. The Labute approximate surface area is 152 Å². The number of nitrogens with zero attached hydrogens (tertiary/aromatic N) is 3. The number of fused-ring (bicyclic) bond motifs is 1. The quantitative estimate of drug-likeness (QED) is 0.515. The first-order valence-corrected chi connectivity index (χ1v) is 9.17. The summed E-state index contributed by atoms with van der Waals surface area (Å²) in [6.45, 7) is 4.55. The molecule has 25 heavy (non-hydrogen) atoms. The standard InChI is InChI=1S/C20H21N3OS/c1-14-8-10-16(11-9-14)12-23(3)19(24)13-25-20-17-6-4-5-7-18(17)21-15(2)22-20/h4-11H,12-13H2,1-3H3. The van der Waals surface area contributed by atoms with Crippen LogP contribution in [-0.2, 0) is 11.3 Å². The highest BCUT2D eigenvalue weighted by molar-refractivity contribution is 8.00. The molecular weight excluding hydrogens is 330 g/mol. The summed E-state index contributed by atoms with van der Waals surface area (Å²) >= 11 is 1.47. The van der Waals surface area contributed by atoms with Gasteiger partial charge in [-0.15, -0.1) is 0 Å². The number of aromatic nitrogens is 2. The Morgan fingerprint density at radius 1 is 1.04 bits per heavy atom. The average molecular weight is 351 g/mol. The molecule has 0 saturated carbocycles. The molecule has 0 aliphatic heterocycles. The van der Waals surface area contributed by atoms with Gasteiger partial charge >= 0.3 is 0 Å². The molecule has 3 aromatic rings. The lowest BCUT2D eigenvalue weighted by molar-refractivity contribution is -0.127. The number of amides is 1. The van der Waals surface area contributed by atoms with Crippen molar-refractivity contribution in [1.29, 1.82) is 0 Å². The van der Waals surface area contributed by atoms with Crippen LogP contribution < -0.4 is 0 Å². The Morgan fingerprint density at radius 3 is 2.52 bits per heavy atom. The van der Waals surface area contributed by atoms with Crippen molar-refractivity contribution in [3.05, 3.63) is 65.5 Å². The molecule has 2 aromatic carbocycles. The zero-order valence-electron chi connectivity index (χ0n) is 14.7. The van der Waals surface area contributed by atoms with Crippen LogP contribution in [0.15, 0.2) is 53.6 Å². The van der Waals surface area contributed by atoms with Crippen molar-refractivity contribution >= 4 is 28.6 Å². The zero-order chi connectivity index (χ0) is 17.8. The van der Waals surface area contributed by atoms with Crippen LogP contribution in [0, 0.1) is 13.8 Å². The first-order valence-electron chi connectivity index (χ1n) is 8.18. The second-order valence-corrected chi connectivity index (χ2v) is 7.08. The largest absolute Gasteiger partial charge is 0.341 e. The molecule has 0 atom stereocenters. The molecular formula is C20H21N3OS. The van der Waals surface area contributed by atoms with Gasteiger partial charge in [-0.1, -0.05) is 59.8 Å². The van der Waals surface area contributed by atoms with E-state index in [0.29, 0.717) is 12.3 Å². The van der Waals surface area contributed by atoms with Crippen LogP contribution in [0.2, 0.25) is 0 Å². The molecule has 4 nitrogen and oxygen atoms in total. The van der Waals surface area contributed by atoms with Gasteiger partial charge in [0.05, 0.1) is 11.3 Å². The number of hydrogen-bond donors (Lipinski definition) is 0. The molecule has 5 heteroatoms. The van der Waals surface area contributed by atoms with Crippen LogP contribution in [0.3, 0.4) is 0 Å². The van der Waals surface area contributed by atoms with Crippen molar-refractivity contribution in [3.63, 3.8) is 0 Å². The summed E-state index contributed by atoms with van der Waals surface area (Å²) in [6, 6.07) is 16.2. The molecule has 1 amide bonds. The van der Waals surface area contributed by atoms with Gasteiger partial charge in [0.2, 0.25) is 5.91 Å². The van der Waals surface area contributed by atoms with Crippen molar-refractivity contribution < 1.29 is 4.79 Å². The minimum atomic E-state index is 0.0888. The van der Waals surface area contributed by atoms with Crippen molar-refractivity contribution in [2.75, 3.05) is 12.8 Å². The maximum atomic E-state index is 12.5. The first kappa shape index (κ1) is 17.4. The fourth-order valence-corrected chi connectivity index (χ4v) is 3.57. The Morgan fingerprint density at radius 2 is 1.76 bits per heavy atom. The number of carbonyl (C=O) groups excluding carboxylic acids is 1. The number of aryl methyl sites for hydroxylation is 2. The highest BCUT2D eigenvalue weighted by atomic mass is 32.2. The van der Waals surface area contributed by atoms with Crippen LogP contribution in [0.1, 0.15) is 17.0 Å². The summed E-state index contributed by atoms with van der Waals surface area (Å²) in [4.78, 5) is 23.2. The van der Waals surface area contributed by atoms with E-state index in [9.17, 15) is 4.79 Å². The molecule has 0 aliphatic rings. The van der Waals surface area contributed by atoms with E-state index < -0.39 is 0 Å². The minimum Gasteiger partial charge on any atom is -0.341 e. The van der Waals surface area contributed by atoms with Gasteiger partial charge in [0.25, 0.3) is 0 Å². The summed E-state index contributed by atoms with van der Waals surface area (Å²) in [5, 5.41) is 1.85. The van der Waals surface area contributed by atoms with Crippen LogP contribution in [-0.4, -0.2) is 33.6 Å². The predicted molar refractivity (Wildman–Crippen MR) is 103 cm³/mol. The number of hydrogen-bond acceptors (Lipinski definition) is 4. The molecule has 0 radical (unpaired) electrons. The second-order valence-electron chi connectivity index (χ2n) is 6.12. The van der Waals surface area contributed by atoms with Gasteiger partial charge in [-0.2, -0.15) is 0 Å². The second kappa shape index (κ2) is 7.66. The third-order valence-corrected chi connectivity index (χ3v) is 4.95. The molecule has 0 fully saturated rings. The summed E-state index contributed by atoms with van der Waals surface area (Å²) < 4.78 is 0. The van der Waals surface area contributed by atoms with Crippen LogP contribution >= 0.6 is 11.8 Å². The fraction of sp³-hybridized carbons (Fsp3) is 0.250. The van der Waals surface area contributed by atoms with E-state index >= 15 is 0 Å². The van der Waals surface area contributed by atoms with Gasteiger partial charge in [0.1, 0.15) is 10.9 Å². The van der Waals surface area contributed by atoms with E-state index in [1.54, 1.807) is 4.90 Å². The summed E-state index contributed by atoms with van der Waals surface area (Å²) in [7, 11) is 1.84. The van der Waals surface area contributed by atoms with Crippen LogP contribution in [0.4, 0.5) is 0 Å². The highest BCUT2D eigenvalue weighted by Crippen LogP contribution is 2.25. The van der Waals surface area contributed by atoms with Gasteiger partial charge < -0.3 is 4.90 Å². The summed E-state index contributed by atoms with van der Waals surface area (Å²) in [6.07, 6.45) is 0. The molecule has 0 aliphatic carbocycles. The maximum Gasteiger partial charge on any atom is 0.233 e. The van der Waals surface area contributed by atoms with Crippen LogP contribution in [0.25, 0.3) is 10.9 Å². The van der Waals surface area contributed by atoms with E-state index in [-0.39, 0.29) is 5.91 Å². The molecule has 0 spiro atoms. The number of thioether (sulfide) groups is 1. The normalized spacial score (nSPS) is 10.8. The van der Waals surface area contributed by atoms with Gasteiger partial charge in [-0.05, 0) is 25.5 Å². The topological polar surface area (TPSA) is 46.1 Å². The van der Waals surface area contributed by atoms with E-state index in [4.69, 9.17) is 0 Å². The Bertz CT molecular complexity index is 893. The average Bonchev–Trinajstić information content (AvgIpc) is 2.61. The minimum absolute atomic E-state index is 0.0888. The monoisotopic (exact) mass is 351 g/mol. The molecule has 1 heterocycles. The zero-order valence-corrected chi connectivity index (χ0v) is 15.5. The number of carbonyl (C=O) groups is 1. The maximum absolute atomic E-state index is 12.5. The molecule has 128 valence electrons. The first-order chi connectivity index (χ1) is 12.0.